The molecule has 0 aliphatic heterocycles. The van der Waals surface area contributed by atoms with Crippen LogP contribution in [0.3, 0.4) is 0 Å². The van der Waals surface area contributed by atoms with Crippen LogP contribution in [0, 0.1) is 0 Å². The molecule has 0 unspecified atom stereocenters. The molecule has 0 aliphatic rings. The van der Waals surface area contributed by atoms with Gasteiger partial charge in [-0.05, 0) is 31.4 Å². The first kappa shape index (κ1) is 15.3. The summed E-state index contributed by atoms with van der Waals surface area (Å²) in [6.45, 7) is 5.46. The second-order valence-corrected chi connectivity index (χ2v) is 11.6. The van der Waals surface area contributed by atoms with Crippen LogP contribution in [0.4, 0.5) is 0 Å². The van der Waals surface area contributed by atoms with Crippen molar-refractivity contribution in [1.29, 1.82) is 0 Å². The molecule has 15 heavy (non-hydrogen) atoms. The fourth-order valence-electron chi connectivity index (χ4n) is 1.46. The van der Waals surface area contributed by atoms with Crippen molar-refractivity contribution in [1.82, 2.24) is 0 Å². The highest BCUT2D eigenvalue weighted by Gasteiger charge is 2.26. The summed E-state index contributed by atoms with van der Waals surface area (Å²) in [5.41, 5.74) is 0. The van der Waals surface area contributed by atoms with Crippen LogP contribution in [0.1, 0.15) is 38.5 Å². The monoisotopic (exact) mass is 264 g/mol. The number of allylic oxidation sites excluding steroid dienone is 2. The molecule has 0 nitrogen and oxygen atoms in total. The zero-order chi connectivity index (χ0) is 11.6. The van der Waals surface area contributed by atoms with Crippen molar-refractivity contribution in [3.05, 3.63) is 25.3 Å². The molecule has 0 spiro atoms. The Kier molecular flexibility index (Phi) is 9.67. The SMILES string of the molecule is C=CCCCCCC[Si](Cl)(Cl)CCC=C. The molecule has 0 amide bonds. The van der Waals surface area contributed by atoms with E-state index in [-0.39, 0.29) is 0 Å². The number of unbranched alkanes of at least 4 members (excludes halogenated alkanes) is 4. The Morgan fingerprint density at radius 2 is 1.40 bits per heavy atom. The lowest BCUT2D eigenvalue weighted by molar-refractivity contribution is 0.672. The highest BCUT2D eigenvalue weighted by Crippen LogP contribution is 2.29. The second-order valence-electron chi connectivity index (χ2n) is 3.92. The molecule has 3 heteroatoms. The van der Waals surface area contributed by atoms with E-state index in [9.17, 15) is 0 Å². The van der Waals surface area contributed by atoms with Gasteiger partial charge >= 0.3 is 0 Å². The third-order valence-corrected chi connectivity index (χ3v) is 6.79. The van der Waals surface area contributed by atoms with Gasteiger partial charge in [0.15, 0.2) is 0 Å². The molecule has 0 aromatic rings. The van der Waals surface area contributed by atoms with E-state index >= 15 is 0 Å². The van der Waals surface area contributed by atoms with Gasteiger partial charge in [-0.1, -0.05) is 31.4 Å². The van der Waals surface area contributed by atoms with Crippen LogP contribution in [-0.2, 0) is 0 Å². The molecule has 88 valence electrons. The summed E-state index contributed by atoms with van der Waals surface area (Å²) in [5.74, 6) is 0. The smallest absolute Gasteiger partial charge is 0.146 e. The summed E-state index contributed by atoms with van der Waals surface area (Å²) in [6.07, 6.45) is 10.9. The standard InChI is InChI=1S/C12H22Cl2Si/c1-3-5-7-8-9-10-12-15(13,14)11-6-4-2/h3-4H,1-2,5-12H2. The lowest BCUT2D eigenvalue weighted by Gasteiger charge is -2.15. The van der Waals surface area contributed by atoms with Gasteiger partial charge in [-0.25, -0.2) is 0 Å². The maximum Gasteiger partial charge on any atom is 0.251 e. The average molecular weight is 265 g/mol. The van der Waals surface area contributed by atoms with E-state index in [4.69, 9.17) is 22.2 Å². The zero-order valence-electron chi connectivity index (χ0n) is 9.48. The lowest BCUT2D eigenvalue weighted by Crippen LogP contribution is -2.17. The molecule has 0 fully saturated rings. The lowest BCUT2D eigenvalue weighted by atomic mass is 10.1. The number of hydrogen-bond acceptors (Lipinski definition) is 0. The second kappa shape index (κ2) is 9.50. The van der Waals surface area contributed by atoms with Gasteiger partial charge in [0.1, 0.15) is 0 Å². The van der Waals surface area contributed by atoms with E-state index in [2.05, 4.69) is 13.2 Å². The largest absolute Gasteiger partial charge is 0.251 e. The molecule has 0 N–H and O–H groups in total. The van der Waals surface area contributed by atoms with E-state index in [0.29, 0.717) is 0 Å². The highest BCUT2D eigenvalue weighted by atomic mass is 35.7. The van der Waals surface area contributed by atoms with Gasteiger partial charge < -0.3 is 0 Å². The summed E-state index contributed by atoms with van der Waals surface area (Å²) in [7, 11) is 0. The maximum absolute atomic E-state index is 6.30. The summed E-state index contributed by atoms with van der Waals surface area (Å²) >= 11 is 12.6. The molecule has 0 radical (unpaired) electrons. The summed E-state index contributed by atoms with van der Waals surface area (Å²) in [6, 6.07) is 1.98. The van der Waals surface area contributed by atoms with Crippen molar-refractivity contribution in [3.63, 3.8) is 0 Å². The fourth-order valence-corrected chi connectivity index (χ4v) is 4.56. The minimum Gasteiger partial charge on any atom is -0.146 e. The predicted octanol–water partition coefficient (Wildman–Crippen LogP) is 5.62. The third kappa shape index (κ3) is 10.6. The highest BCUT2D eigenvalue weighted by molar-refractivity contribution is 7.45. The predicted molar refractivity (Wildman–Crippen MR) is 75.2 cm³/mol. The van der Waals surface area contributed by atoms with Gasteiger partial charge in [0.25, 0.3) is 6.69 Å². The third-order valence-electron chi connectivity index (χ3n) is 2.42. The maximum atomic E-state index is 6.30. The van der Waals surface area contributed by atoms with Crippen molar-refractivity contribution >= 4 is 28.9 Å². The Hall–Kier alpha value is 0.277. The van der Waals surface area contributed by atoms with Crippen LogP contribution in [0.5, 0.6) is 0 Å². The van der Waals surface area contributed by atoms with Crippen molar-refractivity contribution in [2.45, 2.75) is 50.6 Å². The van der Waals surface area contributed by atoms with Gasteiger partial charge in [0, 0.05) is 0 Å². The quantitative estimate of drug-likeness (QED) is 0.208. The molecular weight excluding hydrogens is 243 g/mol. The first-order valence-corrected chi connectivity index (χ1v) is 10.2. The van der Waals surface area contributed by atoms with E-state index in [1.807, 2.05) is 12.2 Å². The van der Waals surface area contributed by atoms with E-state index in [1.54, 1.807) is 0 Å². The first-order valence-electron chi connectivity index (χ1n) is 5.72. The molecule has 0 aromatic carbocycles. The van der Waals surface area contributed by atoms with Crippen LogP contribution in [0.25, 0.3) is 0 Å². The van der Waals surface area contributed by atoms with E-state index < -0.39 is 6.69 Å². The molecule has 0 heterocycles. The Bertz CT molecular complexity index is 178. The fraction of sp³-hybridized carbons (Fsp3) is 0.667. The van der Waals surface area contributed by atoms with Crippen molar-refractivity contribution < 1.29 is 0 Å². The Morgan fingerprint density at radius 1 is 0.800 bits per heavy atom. The first-order chi connectivity index (χ1) is 7.12. The van der Waals surface area contributed by atoms with Crippen molar-refractivity contribution in [2.75, 3.05) is 0 Å². The molecule has 0 aromatic heterocycles. The normalized spacial score (nSPS) is 11.3. The van der Waals surface area contributed by atoms with Gasteiger partial charge in [0.2, 0.25) is 0 Å². The average Bonchev–Trinajstić information content (AvgIpc) is 2.20. The molecule has 0 atom stereocenters. The van der Waals surface area contributed by atoms with Crippen LogP contribution < -0.4 is 0 Å². The topological polar surface area (TPSA) is 0 Å². The molecular formula is C12H22Cl2Si. The zero-order valence-corrected chi connectivity index (χ0v) is 12.0. The van der Waals surface area contributed by atoms with Crippen LogP contribution in [0.2, 0.25) is 12.1 Å². The minimum absolute atomic E-state index is 0.951. The Morgan fingerprint density at radius 3 is 2.00 bits per heavy atom. The van der Waals surface area contributed by atoms with E-state index in [0.717, 1.165) is 24.9 Å². The van der Waals surface area contributed by atoms with Crippen molar-refractivity contribution in [3.8, 4) is 0 Å². The van der Waals surface area contributed by atoms with Gasteiger partial charge in [0.05, 0.1) is 0 Å². The van der Waals surface area contributed by atoms with Gasteiger partial charge in [-0.2, -0.15) is 0 Å². The van der Waals surface area contributed by atoms with Crippen LogP contribution in [-0.4, -0.2) is 6.69 Å². The summed E-state index contributed by atoms with van der Waals surface area (Å²) in [5, 5.41) is 0. The number of halogens is 2. The number of rotatable bonds is 10. The molecule has 0 saturated heterocycles. The Balaban J connectivity index is 3.39. The van der Waals surface area contributed by atoms with Gasteiger partial charge in [-0.15, -0.1) is 35.3 Å². The Labute approximate surface area is 105 Å². The molecule has 0 rings (SSSR count). The summed E-state index contributed by atoms with van der Waals surface area (Å²) < 4.78 is 0. The van der Waals surface area contributed by atoms with E-state index in [1.165, 1.54) is 25.7 Å². The van der Waals surface area contributed by atoms with Crippen LogP contribution in [0.15, 0.2) is 25.3 Å². The van der Waals surface area contributed by atoms with Crippen molar-refractivity contribution in [2.24, 2.45) is 0 Å². The van der Waals surface area contributed by atoms with Crippen LogP contribution >= 0.6 is 22.2 Å². The van der Waals surface area contributed by atoms with Gasteiger partial charge in [-0.3, -0.25) is 0 Å². The molecule has 0 saturated carbocycles. The molecule has 0 aliphatic carbocycles. The molecule has 0 bridgehead atoms. The number of hydrogen-bond donors (Lipinski definition) is 0. The minimum atomic E-state index is -1.94. The summed E-state index contributed by atoms with van der Waals surface area (Å²) in [4.78, 5) is 0.